The first-order valence-electron chi connectivity index (χ1n) is 7.48. The Kier molecular flexibility index (Phi) is 4.39. The first-order chi connectivity index (χ1) is 10.7. The first-order valence-corrected chi connectivity index (χ1v) is 7.48. The molecule has 3 rings (SSSR count). The van der Waals surface area contributed by atoms with Crippen molar-refractivity contribution in [2.45, 2.75) is 25.9 Å². The molecule has 2 aromatic carbocycles. The lowest BCUT2D eigenvalue weighted by atomic mass is 10.2. The van der Waals surface area contributed by atoms with Crippen LogP contribution in [0, 0.1) is 6.92 Å². The summed E-state index contributed by atoms with van der Waals surface area (Å²) in [5.41, 5.74) is 1.94. The van der Waals surface area contributed by atoms with Gasteiger partial charge in [0.2, 0.25) is 0 Å². The van der Waals surface area contributed by atoms with Crippen LogP contribution in [0.4, 0.5) is 5.69 Å². The SMILES string of the molecule is Cc1ccc(Oc2ccc(NC(=O)[C@H]3CCCO3)cc2)cc1. The van der Waals surface area contributed by atoms with Crippen molar-refractivity contribution in [1.29, 1.82) is 0 Å². The van der Waals surface area contributed by atoms with E-state index in [1.807, 2.05) is 55.5 Å². The van der Waals surface area contributed by atoms with E-state index in [0.717, 1.165) is 30.0 Å². The third kappa shape index (κ3) is 3.65. The number of hydrogen-bond donors (Lipinski definition) is 1. The Bertz CT molecular complexity index is 628. The van der Waals surface area contributed by atoms with Crippen LogP contribution in [-0.4, -0.2) is 18.6 Å². The van der Waals surface area contributed by atoms with Crippen molar-refractivity contribution < 1.29 is 14.3 Å². The molecule has 0 unspecified atom stereocenters. The van der Waals surface area contributed by atoms with Gasteiger partial charge in [0.1, 0.15) is 17.6 Å². The van der Waals surface area contributed by atoms with Gasteiger partial charge in [-0.2, -0.15) is 0 Å². The third-order valence-electron chi connectivity index (χ3n) is 3.60. The molecule has 0 bridgehead atoms. The van der Waals surface area contributed by atoms with E-state index in [0.29, 0.717) is 6.61 Å². The van der Waals surface area contributed by atoms with Crippen molar-refractivity contribution in [2.75, 3.05) is 11.9 Å². The van der Waals surface area contributed by atoms with Crippen molar-refractivity contribution in [1.82, 2.24) is 0 Å². The van der Waals surface area contributed by atoms with Crippen LogP contribution in [0.3, 0.4) is 0 Å². The van der Waals surface area contributed by atoms with E-state index in [2.05, 4.69) is 5.32 Å². The van der Waals surface area contributed by atoms with Crippen LogP contribution in [0.2, 0.25) is 0 Å². The average molecular weight is 297 g/mol. The van der Waals surface area contributed by atoms with Crippen molar-refractivity contribution in [3.05, 3.63) is 54.1 Å². The second-order valence-corrected chi connectivity index (χ2v) is 5.43. The number of nitrogens with one attached hydrogen (secondary N) is 1. The monoisotopic (exact) mass is 297 g/mol. The van der Waals surface area contributed by atoms with Crippen molar-refractivity contribution in [2.24, 2.45) is 0 Å². The molecule has 1 saturated heterocycles. The van der Waals surface area contributed by atoms with Gasteiger partial charge in [0.15, 0.2) is 0 Å². The minimum atomic E-state index is -0.316. The summed E-state index contributed by atoms with van der Waals surface area (Å²) < 4.78 is 11.1. The largest absolute Gasteiger partial charge is 0.457 e. The summed E-state index contributed by atoms with van der Waals surface area (Å²) in [7, 11) is 0. The zero-order valence-corrected chi connectivity index (χ0v) is 12.5. The topological polar surface area (TPSA) is 47.6 Å². The summed E-state index contributed by atoms with van der Waals surface area (Å²) in [4.78, 5) is 12.0. The predicted molar refractivity (Wildman–Crippen MR) is 85.3 cm³/mol. The number of carbonyl (C=O) groups is 1. The fourth-order valence-corrected chi connectivity index (χ4v) is 2.36. The van der Waals surface area contributed by atoms with Crippen LogP contribution in [0.5, 0.6) is 11.5 Å². The highest BCUT2D eigenvalue weighted by Crippen LogP contribution is 2.23. The number of amides is 1. The minimum Gasteiger partial charge on any atom is -0.457 e. The van der Waals surface area contributed by atoms with Crippen molar-refractivity contribution >= 4 is 11.6 Å². The van der Waals surface area contributed by atoms with E-state index in [4.69, 9.17) is 9.47 Å². The molecule has 114 valence electrons. The molecule has 0 aliphatic carbocycles. The lowest BCUT2D eigenvalue weighted by molar-refractivity contribution is -0.124. The fourth-order valence-electron chi connectivity index (χ4n) is 2.36. The van der Waals surface area contributed by atoms with E-state index < -0.39 is 0 Å². The Hall–Kier alpha value is -2.33. The maximum atomic E-state index is 12.0. The van der Waals surface area contributed by atoms with E-state index >= 15 is 0 Å². The molecule has 2 aromatic rings. The molecular formula is C18H19NO3. The Balaban J connectivity index is 1.60. The van der Waals surface area contributed by atoms with Crippen LogP contribution in [-0.2, 0) is 9.53 Å². The Morgan fingerprint density at radius 3 is 2.32 bits per heavy atom. The standard InChI is InChI=1S/C18H19NO3/c1-13-4-8-15(9-5-13)22-16-10-6-14(7-11-16)19-18(20)17-3-2-12-21-17/h4-11,17H,2-3,12H2,1H3,(H,19,20)/t17-/m1/s1. The summed E-state index contributed by atoms with van der Waals surface area (Å²) in [5, 5.41) is 2.86. The van der Waals surface area contributed by atoms with Gasteiger partial charge in [-0.05, 0) is 56.2 Å². The van der Waals surface area contributed by atoms with Gasteiger partial charge >= 0.3 is 0 Å². The Morgan fingerprint density at radius 1 is 1.09 bits per heavy atom. The van der Waals surface area contributed by atoms with Crippen LogP contribution in [0.25, 0.3) is 0 Å². The van der Waals surface area contributed by atoms with Crippen LogP contribution in [0.15, 0.2) is 48.5 Å². The summed E-state index contributed by atoms with van der Waals surface area (Å²) in [6.07, 6.45) is 1.42. The molecule has 22 heavy (non-hydrogen) atoms. The Labute approximate surface area is 130 Å². The minimum absolute atomic E-state index is 0.0790. The van der Waals surface area contributed by atoms with Gasteiger partial charge in [-0.1, -0.05) is 17.7 Å². The van der Waals surface area contributed by atoms with Crippen molar-refractivity contribution in [3.8, 4) is 11.5 Å². The van der Waals surface area contributed by atoms with E-state index in [1.54, 1.807) is 0 Å². The second-order valence-electron chi connectivity index (χ2n) is 5.43. The van der Waals surface area contributed by atoms with E-state index in [-0.39, 0.29) is 12.0 Å². The van der Waals surface area contributed by atoms with E-state index in [9.17, 15) is 4.79 Å². The predicted octanol–water partition coefficient (Wildman–Crippen LogP) is 3.90. The number of carbonyl (C=O) groups excluding carboxylic acids is 1. The van der Waals surface area contributed by atoms with Gasteiger partial charge in [0.05, 0.1) is 0 Å². The molecule has 1 fully saturated rings. The average Bonchev–Trinajstić information content (AvgIpc) is 3.06. The number of ether oxygens (including phenoxy) is 2. The Morgan fingerprint density at radius 2 is 1.73 bits per heavy atom. The zero-order valence-electron chi connectivity index (χ0n) is 12.5. The van der Waals surface area contributed by atoms with Crippen LogP contribution >= 0.6 is 0 Å². The highest BCUT2D eigenvalue weighted by molar-refractivity contribution is 5.94. The molecule has 1 aliphatic rings. The molecule has 0 aromatic heterocycles. The molecule has 0 radical (unpaired) electrons. The molecule has 4 nitrogen and oxygen atoms in total. The molecule has 0 spiro atoms. The number of benzene rings is 2. The lowest BCUT2D eigenvalue weighted by Crippen LogP contribution is -2.26. The quantitative estimate of drug-likeness (QED) is 0.931. The van der Waals surface area contributed by atoms with Gasteiger partial charge in [0, 0.05) is 12.3 Å². The molecule has 4 heteroatoms. The molecule has 1 atom stereocenters. The van der Waals surface area contributed by atoms with Gasteiger partial charge in [-0.25, -0.2) is 0 Å². The summed E-state index contributed by atoms with van der Waals surface area (Å²) in [6.45, 7) is 2.71. The number of anilines is 1. The number of hydrogen-bond acceptors (Lipinski definition) is 3. The fraction of sp³-hybridized carbons (Fsp3) is 0.278. The highest BCUT2D eigenvalue weighted by atomic mass is 16.5. The zero-order chi connectivity index (χ0) is 15.4. The smallest absolute Gasteiger partial charge is 0.253 e. The van der Waals surface area contributed by atoms with Gasteiger partial charge in [0.25, 0.3) is 5.91 Å². The molecule has 1 heterocycles. The first kappa shape index (κ1) is 14.6. The maximum absolute atomic E-state index is 12.0. The molecule has 0 saturated carbocycles. The third-order valence-corrected chi connectivity index (χ3v) is 3.60. The normalized spacial score (nSPS) is 17.2. The lowest BCUT2D eigenvalue weighted by Gasteiger charge is -2.11. The maximum Gasteiger partial charge on any atom is 0.253 e. The summed E-state index contributed by atoms with van der Waals surface area (Å²) >= 11 is 0. The van der Waals surface area contributed by atoms with Gasteiger partial charge in [-0.15, -0.1) is 0 Å². The second kappa shape index (κ2) is 6.62. The van der Waals surface area contributed by atoms with Crippen LogP contribution in [0.1, 0.15) is 18.4 Å². The van der Waals surface area contributed by atoms with Crippen LogP contribution < -0.4 is 10.1 Å². The summed E-state index contributed by atoms with van der Waals surface area (Å²) in [5.74, 6) is 1.45. The molecule has 1 N–H and O–H groups in total. The molecular weight excluding hydrogens is 278 g/mol. The van der Waals surface area contributed by atoms with Gasteiger partial charge in [-0.3, -0.25) is 4.79 Å². The number of rotatable bonds is 4. The van der Waals surface area contributed by atoms with Crippen molar-refractivity contribution in [3.63, 3.8) is 0 Å². The summed E-state index contributed by atoms with van der Waals surface area (Å²) in [6, 6.07) is 15.2. The molecule has 1 aliphatic heterocycles. The highest BCUT2D eigenvalue weighted by Gasteiger charge is 2.23. The van der Waals surface area contributed by atoms with Gasteiger partial charge < -0.3 is 14.8 Å². The number of aryl methyl sites for hydroxylation is 1. The molecule has 1 amide bonds. The van der Waals surface area contributed by atoms with E-state index in [1.165, 1.54) is 5.56 Å².